The highest BCUT2D eigenvalue weighted by molar-refractivity contribution is 5.95. The molecule has 2 N–H and O–H groups in total. The topological polar surface area (TPSA) is 89.3 Å². The number of carbonyl (C=O) groups is 1. The number of pyridine rings is 1. The van der Waals surface area contributed by atoms with Crippen LogP contribution in [0, 0.1) is 0 Å². The molecule has 36 heavy (non-hydrogen) atoms. The van der Waals surface area contributed by atoms with E-state index in [2.05, 4.69) is 22.8 Å². The Morgan fingerprint density at radius 3 is 2.53 bits per heavy atom. The summed E-state index contributed by atoms with van der Waals surface area (Å²) >= 11 is 0. The zero-order valence-electron chi connectivity index (χ0n) is 21.7. The van der Waals surface area contributed by atoms with E-state index in [0.29, 0.717) is 31.4 Å². The molecule has 1 aliphatic heterocycles. The van der Waals surface area contributed by atoms with Gasteiger partial charge in [0.05, 0.1) is 0 Å². The van der Waals surface area contributed by atoms with Crippen molar-refractivity contribution in [3.63, 3.8) is 0 Å². The summed E-state index contributed by atoms with van der Waals surface area (Å²) in [6, 6.07) is 7.67. The van der Waals surface area contributed by atoms with E-state index in [1.807, 2.05) is 13.0 Å². The molecule has 0 saturated carbocycles. The van der Waals surface area contributed by atoms with E-state index in [1.165, 1.54) is 11.6 Å². The Kier molecular flexibility index (Phi) is 8.69. The molecule has 2 heterocycles. The minimum atomic E-state index is -0.513. The standard InChI is InChI=1S/C28H40N4O4/c1-3-11-30(22-8-9-23-21(20-22)6-5-7-24(23)33)17-14-29-15-18-32(19-16-29)28(36)26-27(35)25(34)10-13-31(26)12-4-2/h5-7,10,13,22,33,35H,3-4,8-9,11-12,14-20H2,1-2H3/t22-/m0/s1. The van der Waals surface area contributed by atoms with Crippen molar-refractivity contribution >= 4 is 5.91 Å². The number of fused-ring (bicyclic) bond motifs is 1. The van der Waals surface area contributed by atoms with Crippen molar-refractivity contribution in [3.05, 3.63) is 57.5 Å². The van der Waals surface area contributed by atoms with Crippen LogP contribution < -0.4 is 5.43 Å². The van der Waals surface area contributed by atoms with Crippen LogP contribution in [0.25, 0.3) is 0 Å². The molecule has 1 aromatic carbocycles. The van der Waals surface area contributed by atoms with Gasteiger partial charge in [0.2, 0.25) is 5.43 Å². The fourth-order valence-corrected chi connectivity index (χ4v) is 5.65. The molecule has 1 aliphatic carbocycles. The molecule has 1 saturated heterocycles. The van der Waals surface area contributed by atoms with Gasteiger partial charge in [0.15, 0.2) is 11.4 Å². The molecule has 1 aromatic heterocycles. The van der Waals surface area contributed by atoms with Crippen LogP contribution >= 0.6 is 0 Å². The van der Waals surface area contributed by atoms with Crippen LogP contribution in [0.5, 0.6) is 11.5 Å². The first-order chi connectivity index (χ1) is 17.4. The van der Waals surface area contributed by atoms with E-state index < -0.39 is 11.2 Å². The Morgan fingerprint density at radius 2 is 1.81 bits per heavy atom. The average molecular weight is 497 g/mol. The molecule has 0 spiro atoms. The van der Waals surface area contributed by atoms with Gasteiger partial charge in [-0.15, -0.1) is 0 Å². The van der Waals surface area contributed by atoms with E-state index >= 15 is 0 Å². The first-order valence-corrected chi connectivity index (χ1v) is 13.4. The number of hydrogen-bond donors (Lipinski definition) is 2. The zero-order chi connectivity index (χ0) is 25.7. The molecule has 1 amide bonds. The number of phenols is 1. The highest BCUT2D eigenvalue weighted by Gasteiger charge is 2.29. The molecule has 2 aliphatic rings. The molecule has 0 radical (unpaired) electrons. The normalized spacial score (nSPS) is 18.4. The summed E-state index contributed by atoms with van der Waals surface area (Å²) in [6.45, 7) is 10.5. The van der Waals surface area contributed by atoms with Crippen LogP contribution in [0.1, 0.15) is 54.7 Å². The number of amides is 1. The van der Waals surface area contributed by atoms with Gasteiger partial charge in [0, 0.05) is 64.1 Å². The van der Waals surface area contributed by atoms with Gasteiger partial charge in [0.25, 0.3) is 5.91 Å². The first-order valence-electron chi connectivity index (χ1n) is 13.4. The van der Waals surface area contributed by atoms with E-state index in [-0.39, 0.29) is 11.6 Å². The molecule has 1 fully saturated rings. The summed E-state index contributed by atoms with van der Waals surface area (Å²) in [7, 11) is 0. The lowest BCUT2D eigenvalue weighted by Crippen LogP contribution is -2.51. The molecule has 0 bridgehead atoms. The number of aromatic hydroxyl groups is 2. The smallest absolute Gasteiger partial charge is 0.274 e. The minimum Gasteiger partial charge on any atom is -0.508 e. The number of piperazine rings is 1. The highest BCUT2D eigenvalue weighted by Crippen LogP contribution is 2.30. The lowest BCUT2D eigenvalue weighted by atomic mass is 9.87. The maximum absolute atomic E-state index is 13.2. The largest absolute Gasteiger partial charge is 0.508 e. The Balaban J connectivity index is 1.33. The van der Waals surface area contributed by atoms with Gasteiger partial charge in [-0.05, 0) is 55.8 Å². The maximum atomic E-state index is 13.2. The van der Waals surface area contributed by atoms with Gasteiger partial charge in [-0.3, -0.25) is 19.4 Å². The Hall–Kier alpha value is -2.84. The minimum absolute atomic E-state index is 0.107. The van der Waals surface area contributed by atoms with Gasteiger partial charge >= 0.3 is 0 Å². The highest BCUT2D eigenvalue weighted by atomic mass is 16.3. The molecule has 8 heteroatoms. The summed E-state index contributed by atoms with van der Waals surface area (Å²) in [5.41, 5.74) is 1.97. The number of nitrogens with zero attached hydrogens (tertiary/aromatic N) is 4. The molecule has 0 unspecified atom stereocenters. The van der Waals surface area contributed by atoms with Crippen molar-refractivity contribution in [1.29, 1.82) is 0 Å². The third-order valence-electron chi connectivity index (χ3n) is 7.64. The SMILES string of the molecule is CCCN(CCN1CCN(C(=O)c2c(O)c(=O)ccn2CCC)CC1)[C@H]1CCc2c(O)cccc2C1. The number of hydrogen-bond acceptors (Lipinski definition) is 6. The van der Waals surface area contributed by atoms with E-state index in [4.69, 9.17) is 0 Å². The Bertz CT molecular complexity index is 1110. The van der Waals surface area contributed by atoms with Crippen molar-refractivity contribution in [3.8, 4) is 11.5 Å². The van der Waals surface area contributed by atoms with Gasteiger partial charge in [-0.25, -0.2) is 0 Å². The quantitative estimate of drug-likeness (QED) is 0.555. The van der Waals surface area contributed by atoms with Crippen LogP contribution in [0.2, 0.25) is 0 Å². The summed E-state index contributed by atoms with van der Waals surface area (Å²) in [6.07, 6.45) is 6.47. The van der Waals surface area contributed by atoms with Crippen LogP contribution in [0.4, 0.5) is 0 Å². The monoisotopic (exact) mass is 496 g/mol. The van der Waals surface area contributed by atoms with Gasteiger partial charge in [0.1, 0.15) is 5.75 Å². The molecule has 4 rings (SSSR count). The molecule has 8 nitrogen and oxygen atoms in total. The van der Waals surface area contributed by atoms with Crippen LogP contribution in [-0.4, -0.2) is 87.2 Å². The van der Waals surface area contributed by atoms with Gasteiger partial charge in [-0.1, -0.05) is 26.0 Å². The third-order valence-corrected chi connectivity index (χ3v) is 7.64. The zero-order valence-corrected chi connectivity index (χ0v) is 21.7. The molecular formula is C28H40N4O4. The van der Waals surface area contributed by atoms with Gasteiger partial charge < -0.3 is 19.7 Å². The van der Waals surface area contributed by atoms with Crippen molar-refractivity contribution < 1.29 is 15.0 Å². The number of rotatable bonds is 9. The number of benzene rings is 1. The second-order valence-corrected chi connectivity index (χ2v) is 10.1. The van der Waals surface area contributed by atoms with E-state index in [1.54, 1.807) is 21.7 Å². The average Bonchev–Trinajstić information content (AvgIpc) is 2.89. The van der Waals surface area contributed by atoms with Crippen LogP contribution in [0.15, 0.2) is 35.3 Å². The lowest BCUT2D eigenvalue weighted by Gasteiger charge is -2.39. The predicted molar refractivity (Wildman–Crippen MR) is 141 cm³/mol. The van der Waals surface area contributed by atoms with Crippen LogP contribution in [0.3, 0.4) is 0 Å². The Morgan fingerprint density at radius 1 is 1.03 bits per heavy atom. The first kappa shape index (κ1) is 26.2. The second-order valence-electron chi connectivity index (χ2n) is 10.1. The van der Waals surface area contributed by atoms with E-state index in [0.717, 1.165) is 70.4 Å². The summed E-state index contributed by atoms with van der Waals surface area (Å²) < 4.78 is 1.69. The summed E-state index contributed by atoms with van der Waals surface area (Å²) in [5.74, 6) is -0.290. The molecule has 196 valence electrons. The number of carbonyl (C=O) groups excluding carboxylic acids is 1. The van der Waals surface area contributed by atoms with Gasteiger partial charge in [-0.2, -0.15) is 0 Å². The fourth-order valence-electron chi connectivity index (χ4n) is 5.65. The molecule has 1 atom stereocenters. The summed E-state index contributed by atoms with van der Waals surface area (Å²) in [4.78, 5) is 32.0. The number of aromatic nitrogens is 1. The van der Waals surface area contributed by atoms with Crippen molar-refractivity contribution in [2.24, 2.45) is 0 Å². The van der Waals surface area contributed by atoms with Crippen LogP contribution in [-0.2, 0) is 19.4 Å². The second kappa shape index (κ2) is 11.9. The Labute approximate surface area is 213 Å². The van der Waals surface area contributed by atoms with Crippen molar-refractivity contribution in [2.45, 2.75) is 58.5 Å². The predicted octanol–water partition coefficient (Wildman–Crippen LogP) is 2.70. The van der Waals surface area contributed by atoms with Crippen molar-refractivity contribution in [1.82, 2.24) is 19.3 Å². The van der Waals surface area contributed by atoms with Crippen molar-refractivity contribution in [2.75, 3.05) is 45.8 Å². The van der Waals surface area contributed by atoms with E-state index in [9.17, 15) is 19.8 Å². The fraction of sp³-hybridized carbons (Fsp3) is 0.571. The third kappa shape index (κ3) is 5.76. The molecule has 2 aromatic rings. The summed E-state index contributed by atoms with van der Waals surface area (Å²) in [5, 5.41) is 20.5. The number of aryl methyl sites for hydroxylation is 1. The number of phenolic OH excluding ortho intramolecular Hbond substituents is 1. The molecular weight excluding hydrogens is 456 g/mol. The maximum Gasteiger partial charge on any atom is 0.274 e. The lowest BCUT2D eigenvalue weighted by molar-refractivity contribution is 0.0594.